The number of carbonyl (C=O) groups is 2. The van der Waals surface area contributed by atoms with Gasteiger partial charge in [0.1, 0.15) is 11.4 Å². The number of nitro groups is 1. The third-order valence-electron chi connectivity index (χ3n) is 5.13. The van der Waals surface area contributed by atoms with Crippen LogP contribution in [0, 0.1) is 21.8 Å². The summed E-state index contributed by atoms with van der Waals surface area (Å²) in [4.78, 5) is 36.8. The van der Waals surface area contributed by atoms with Gasteiger partial charge in [-0.3, -0.25) is 19.7 Å². The van der Waals surface area contributed by atoms with Gasteiger partial charge in [0, 0.05) is 25.7 Å². The maximum absolute atomic E-state index is 13.5. The quantitative estimate of drug-likeness (QED) is 0.565. The van der Waals surface area contributed by atoms with Crippen LogP contribution in [0.5, 0.6) is 0 Å². The van der Waals surface area contributed by atoms with E-state index in [1.165, 1.54) is 4.90 Å². The molecule has 2 unspecified atom stereocenters. The van der Waals surface area contributed by atoms with Crippen LogP contribution in [0.4, 0.5) is 10.1 Å². The lowest BCUT2D eigenvalue weighted by Gasteiger charge is -2.33. The summed E-state index contributed by atoms with van der Waals surface area (Å²) >= 11 is 0. The van der Waals surface area contributed by atoms with E-state index in [-0.39, 0.29) is 35.8 Å². The van der Waals surface area contributed by atoms with Gasteiger partial charge in [-0.2, -0.15) is 0 Å². The summed E-state index contributed by atoms with van der Waals surface area (Å²) in [5.74, 6) is -1.19. The molecule has 0 saturated carbocycles. The Labute approximate surface area is 168 Å². The highest BCUT2D eigenvalue weighted by atomic mass is 35.5. The second kappa shape index (κ2) is 9.79. The van der Waals surface area contributed by atoms with E-state index >= 15 is 0 Å². The standard InChI is InChI=1S/C18H23FN4O4.ClH/c19-13-5-6-16(23(26)27)14(9-13)18(25)22-8-2-3-12(11-22)10-21-17(24)15-4-1-7-20-15;/h5-6,9,12,15,20H,1-4,7-8,10-11H2,(H,21,24);1H. The topological polar surface area (TPSA) is 105 Å². The van der Waals surface area contributed by atoms with E-state index in [9.17, 15) is 24.1 Å². The summed E-state index contributed by atoms with van der Waals surface area (Å²) in [6.07, 6.45) is 3.39. The molecule has 2 heterocycles. The first kappa shape index (κ1) is 22.0. The third-order valence-corrected chi connectivity index (χ3v) is 5.13. The van der Waals surface area contributed by atoms with Crippen molar-refractivity contribution in [1.82, 2.24) is 15.5 Å². The van der Waals surface area contributed by atoms with E-state index in [4.69, 9.17) is 0 Å². The zero-order valence-electron chi connectivity index (χ0n) is 15.4. The molecule has 2 saturated heterocycles. The normalized spacial score (nSPS) is 21.7. The first-order valence-electron chi connectivity index (χ1n) is 9.20. The number of piperidine rings is 1. The molecule has 2 aliphatic rings. The third kappa shape index (κ3) is 5.17. The Hall–Kier alpha value is -2.26. The lowest BCUT2D eigenvalue weighted by Crippen LogP contribution is -2.46. The predicted octanol–water partition coefficient (Wildman–Crippen LogP) is 1.88. The molecule has 2 atom stereocenters. The molecule has 0 bridgehead atoms. The Balaban J connectivity index is 0.00000280. The van der Waals surface area contributed by atoms with Gasteiger partial charge in [-0.15, -0.1) is 12.4 Å². The Morgan fingerprint density at radius 2 is 2.11 bits per heavy atom. The zero-order valence-corrected chi connectivity index (χ0v) is 16.2. The summed E-state index contributed by atoms with van der Waals surface area (Å²) in [5, 5.41) is 17.2. The molecule has 2 amide bonds. The predicted molar refractivity (Wildman–Crippen MR) is 103 cm³/mol. The molecule has 1 aromatic rings. The minimum Gasteiger partial charge on any atom is -0.354 e. The van der Waals surface area contributed by atoms with Crippen LogP contribution in [0.15, 0.2) is 18.2 Å². The molecule has 0 aliphatic carbocycles. The highest BCUT2D eigenvalue weighted by Crippen LogP contribution is 2.24. The first-order valence-corrected chi connectivity index (χ1v) is 9.20. The highest BCUT2D eigenvalue weighted by Gasteiger charge is 2.30. The minimum absolute atomic E-state index is 0. The number of hydrogen-bond donors (Lipinski definition) is 2. The molecular formula is C18H24ClFN4O4. The van der Waals surface area contributed by atoms with Gasteiger partial charge in [0.15, 0.2) is 0 Å². The fraction of sp³-hybridized carbons (Fsp3) is 0.556. The van der Waals surface area contributed by atoms with Gasteiger partial charge in [0.25, 0.3) is 11.6 Å². The molecule has 28 heavy (non-hydrogen) atoms. The Morgan fingerprint density at radius 1 is 1.32 bits per heavy atom. The van der Waals surface area contributed by atoms with Gasteiger partial charge >= 0.3 is 0 Å². The van der Waals surface area contributed by atoms with Crippen molar-refractivity contribution in [3.8, 4) is 0 Å². The molecule has 154 valence electrons. The van der Waals surface area contributed by atoms with E-state index in [0.29, 0.717) is 19.6 Å². The van der Waals surface area contributed by atoms with Crippen LogP contribution in [0.25, 0.3) is 0 Å². The highest BCUT2D eigenvalue weighted by molar-refractivity contribution is 5.98. The fourth-order valence-electron chi connectivity index (χ4n) is 3.70. The van der Waals surface area contributed by atoms with Crippen LogP contribution in [0.3, 0.4) is 0 Å². The number of likely N-dealkylation sites (tertiary alicyclic amines) is 1. The molecular weight excluding hydrogens is 391 g/mol. The van der Waals surface area contributed by atoms with E-state index in [1.807, 2.05) is 0 Å². The number of nitrogens with zero attached hydrogens (tertiary/aromatic N) is 2. The number of amides is 2. The number of nitro benzene ring substituents is 1. The van der Waals surface area contributed by atoms with Crippen molar-refractivity contribution in [2.75, 3.05) is 26.2 Å². The summed E-state index contributed by atoms with van der Waals surface area (Å²) in [5.41, 5.74) is -0.635. The molecule has 3 rings (SSSR count). The second-order valence-corrected chi connectivity index (χ2v) is 7.07. The Bertz CT molecular complexity index is 742. The molecule has 0 aromatic heterocycles. The van der Waals surface area contributed by atoms with Gasteiger partial charge in [-0.1, -0.05) is 0 Å². The van der Waals surface area contributed by atoms with Crippen molar-refractivity contribution in [3.63, 3.8) is 0 Å². The SMILES string of the molecule is Cl.O=C(NCC1CCCN(C(=O)c2cc(F)ccc2[N+](=O)[O-])C1)C1CCCN1. The van der Waals surface area contributed by atoms with Crippen molar-refractivity contribution in [2.24, 2.45) is 5.92 Å². The smallest absolute Gasteiger partial charge is 0.282 e. The molecule has 10 heteroatoms. The van der Waals surface area contributed by atoms with Gasteiger partial charge in [-0.25, -0.2) is 4.39 Å². The largest absolute Gasteiger partial charge is 0.354 e. The average Bonchev–Trinajstić information content (AvgIpc) is 3.20. The molecule has 1 aromatic carbocycles. The fourth-order valence-corrected chi connectivity index (χ4v) is 3.70. The summed E-state index contributed by atoms with van der Waals surface area (Å²) in [7, 11) is 0. The first-order chi connectivity index (χ1) is 13.0. The van der Waals surface area contributed by atoms with Crippen molar-refractivity contribution in [3.05, 3.63) is 39.7 Å². The average molecular weight is 415 g/mol. The van der Waals surface area contributed by atoms with Gasteiger partial charge in [0.05, 0.1) is 11.0 Å². The van der Waals surface area contributed by atoms with Crippen molar-refractivity contribution in [1.29, 1.82) is 0 Å². The van der Waals surface area contributed by atoms with Gasteiger partial charge < -0.3 is 15.5 Å². The monoisotopic (exact) mass is 414 g/mol. The van der Waals surface area contributed by atoms with Gasteiger partial charge in [-0.05, 0) is 50.3 Å². The van der Waals surface area contributed by atoms with Crippen LogP contribution >= 0.6 is 12.4 Å². The number of nitrogens with one attached hydrogen (secondary N) is 2. The molecule has 0 radical (unpaired) electrons. The number of benzene rings is 1. The van der Waals surface area contributed by atoms with E-state index in [2.05, 4.69) is 10.6 Å². The summed E-state index contributed by atoms with van der Waals surface area (Å²) in [6, 6.07) is 2.75. The van der Waals surface area contributed by atoms with E-state index in [1.54, 1.807) is 0 Å². The second-order valence-electron chi connectivity index (χ2n) is 7.07. The van der Waals surface area contributed by atoms with Crippen molar-refractivity contribution in [2.45, 2.75) is 31.7 Å². The Morgan fingerprint density at radius 3 is 2.79 bits per heavy atom. The zero-order chi connectivity index (χ0) is 19.4. The van der Waals surface area contributed by atoms with Crippen LogP contribution in [0.2, 0.25) is 0 Å². The number of hydrogen-bond acceptors (Lipinski definition) is 5. The maximum Gasteiger partial charge on any atom is 0.282 e. The van der Waals surface area contributed by atoms with Crippen LogP contribution in [0.1, 0.15) is 36.0 Å². The Kier molecular flexibility index (Phi) is 7.70. The number of halogens is 2. The lowest BCUT2D eigenvalue weighted by molar-refractivity contribution is -0.385. The van der Waals surface area contributed by atoms with E-state index < -0.39 is 22.3 Å². The molecule has 8 nitrogen and oxygen atoms in total. The lowest BCUT2D eigenvalue weighted by atomic mass is 9.97. The van der Waals surface area contributed by atoms with Crippen LogP contribution < -0.4 is 10.6 Å². The molecule has 2 N–H and O–H groups in total. The van der Waals surface area contributed by atoms with Crippen molar-refractivity contribution >= 4 is 29.9 Å². The maximum atomic E-state index is 13.5. The van der Waals surface area contributed by atoms with Crippen molar-refractivity contribution < 1.29 is 18.9 Å². The molecule has 0 spiro atoms. The van der Waals surface area contributed by atoms with Gasteiger partial charge in [0.2, 0.25) is 5.91 Å². The minimum atomic E-state index is -0.686. The number of rotatable bonds is 5. The molecule has 2 aliphatic heterocycles. The molecule has 2 fully saturated rings. The van der Waals surface area contributed by atoms with E-state index in [0.717, 1.165) is 50.4 Å². The summed E-state index contributed by atoms with van der Waals surface area (Å²) < 4.78 is 13.5. The van der Waals surface area contributed by atoms with Crippen LogP contribution in [-0.4, -0.2) is 53.9 Å². The summed E-state index contributed by atoms with van der Waals surface area (Å²) in [6.45, 7) is 2.13. The van der Waals surface area contributed by atoms with Crippen LogP contribution in [-0.2, 0) is 4.79 Å². The number of carbonyl (C=O) groups excluding carboxylic acids is 2.